The zero-order valence-corrected chi connectivity index (χ0v) is 14.6. The first-order valence-corrected chi connectivity index (χ1v) is 8.26. The van der Waals surface area contributed by atoms with Crippen LogP contribution in [0.5, 0.6) is 0 Å². The van der Waals surface area contributed by atoms with Crippen molar-refractivity contribution in [1.82, 2.24) is 10.2 Å². The lowest BCUT2D eigenvalue weighted by Gasteiger charge is -2.39. The third-order valence-electron chi connectivity index (χ3n) is 4.51. The molecule has 0 aromatic heterocycles. The van der Waals surface area contributed by atoms with Crippen molar-refractivity contribution in [3.63, 3.8) is 0 Å². The maximum atomic E-state index is 5.28. The molecule has 0 unspecified atom stereocenters. The van der Waals surface area contributed by atoms with E-state index in [1.807, 2.05) is 0 Å². The molecule has 1 rings (SSSR count). The Balaban J connectivity index is 2.63. The number of ether oxygens (including phenoxy) is 1. The van der Waals surface area contributed by atoms with Crippen molar-refractivity contribution in [2.45, 2.75) is 71.9 Å². The maximum absolute atomic E-state index is 5.28. The van der Waals surface area contributed by atoms with Crippen molar-refractivity contribution in [3.05, 3.63) is 0 Å². The molecule has 0 radical (unpaired) electrons. The average molecular weight is 284 g/mol. The standard InChI is InChI=1S/C17H36N2O/c1-15(2)19(11-12-20-6)14-17(9-7-8-10-17)13-18-16(3,4)5/h15,18H,7-14H2,1-6H3. The van der Waals surface area contributed by atoms with Gasteiger partial charge in [0.1, 0.15) is 0 Å². The highest BCUT2D eigenvalue weighted by molar-refractivity contribution is 4.91. The first kappa shape index (κ1) is 17.9. The Morgan fingerprint density at radius 1 is 1.20 bits per heavy atom. The van der Waals surface area contributed by atoms with E-state index in [4.69, 9.17) is 4.74 Å². The van der Waals surface area contributed by atoms with Crippen LogP contribution in [-0.2, 0) is 4.74 Å². The first-order valence-electron chi connectivity index (χ1n) is 8.26. The van der Waals surface area contributed by atoms with Gasteiger partial charge in [0, 0.05) is 38.3 Å². The summed E-state index contributed by atoms with van der Waals surface area (Å²) < 4.78 is 5.28. The molecule has 1 fully saturated rings. The molecule has 0 heterocycles. The highest BCUT2D eigenvalue weighted by Gasteiger charge is 2.36. The van der Waals surface area contributed by atoms with Gasteiger partial charge in [0.05, 0.1) is 6.61 Å². The van der Waals surface area contributed by atoms with Crippen molar-refractivity contribution >= 4 is 0 Å². The molecule has 1 aliphatic carbocycles. The van der Waals surface area contributed by atoms with Crippen LogP contribution in [0.4, 0.5) is 0 Å². The van der Waals surface area contributed by atoms with Crippen molar-refractivity contribution in [1.29, 1.82) is 0 Å². The van der Waals surface area contributed by atoms with Crippen LogP contribution in [0.2, 0.25) is 0 Å². The molecule has 0 aromatic carbocycles. The summed E-state index contributed by atoms with van der Waals surface area (Å²) in [6.45, 7) is 15.6. The zero-order valence-electron chi connectivity index (χ0n) is 14.6. The van der Waals surface area contributed by atoms with Gasteiger partial charge in [-0.05, 0) is 52.9 Å². The smallest absolute Gasteiger partial charge is 0.0589 e. The summed E-state index contributed by atoms with van der Waals surface area (Å²) >= 11 is 0. The van der Waals surface area contributed by atoms with E-state index in [-0.39, 0.29) is 5.54 Å². The molecule has 0 spiro atoms. The Morgan fingerprint density at radius 3 is 2.25 bits per heavy atom. The van der Waals surface area contributed by atoms with E-state index in [0.717, 1.165) is 19.7 Å². The molecule has 3 nitrogen and oxygen atoms in total. The van der Waals surface area contributed by atoms with Gasteiger partial charge in [0.2, 0.25) is 0 Å². The SMILES string of the molecule is COCCN(CC1(CNC(C)(C)C)CCCC1)C(C)C. The van der Waals surface area contributed by atoms with Crippen LogP contribution in [-0.4, -0.2) is 49.8 Å². The highest BCUT2D eigenvalue weighted by Crippen LogP contribution is 2.39. The van der Waals surface area contributed by atoms with Crippen LogP contribution in [0.25, 0.3) is 0 Å². The van der Waals surface area contributed by atoms with Gasteiger partial charge < -0.3 is 10.1 Å². The van der Waals surface area contributed by atoms with Crippen LogP contribution in [0.1, 0.15) is 60.3 Å². The summed E-state index contributed by atoms with van der Waals surface area (Å²) in [5.41, 5.74) is 0.677. The predicted molar refractivity (Wildman–Crippen MR) is 87.2 cm³/mol. The fraction of sp³-hybridized carbons (Fsp3) is 1.00. The van der Waals surface area contributed by atoms with E-state index in [9.17, 15) is 0 Å². The summed E-state index contributed by atoms with van der Waals surface area (Å²) in [5.74, 6) is 0. The molecular weight excluding hydrogens is 248 g/mol. The number of hydrogen-bond donors (Lipinski definition) is 1. The Labute approximate surface area is 126 Å². The lowest BCUT2D eigenvalue weighted by molar-refractivity contribution is 0.0815. The molecule has 0 aliphatic heterocycles. The minimum atomic E-state index is 0.213. The number of rotatable bonds is 8. The van der Waals surface area contributed by atoms with Gasteiger partial charge in [-0.15, -0.1) is 0 Å². The number of methoxy groups -OCH3 is 1. The Bertz CT molecular complexity index is 265. The predicted octanol–water partition coefficient (Wildman–Crippen LogP) is 3.29. The number of hydrogen-bond acceptors (Lipinski definition) is 3. The van der Waals surface area contributed by atoms with Crippen LogP contribution >= 0.6 is 0 Å². The highest BCUT2D eigenvalue weighted by atomic mass is 16.5. The minimum Gasteiger partial charge on any atom is -0.383 e. The summed E-state index contributed by atoms with van der Waals surface area (Å²) in [6, 6.07) is 0.595. The lowest BCUT2D eigenvalue weighted by Crippen LogP contribution is -2.49. The van der Waals surface area contributed by atoms with Gasteiger partial charge in [-0.3, -0.25) is 4.90 Å². The van der Waals surface area contributed by atoms with Crippen LogP contribution in [0, 0.1) is 5.41 Å². The second-order valence-electron chi connectivity index (χ2n) is 7.87. The molecule has 0 saturated heterocycles. The van der Waals surface area contributed by atoms with E-state index in [2.05, 4.69) is 44.8 Å². The second kappa shape index (κ2) is 7.77. The van der Waals surface area contributed by atoms with E-state index >= 15 is 0 Å². The van der Waals surface area contributed by atoms with Crippen molar-refractivity contribution in [2.24, 2.45) is 5.41 Å². The van der Waals surface area contributed by atoms with E-state index in [1.54, 1.807) is 7.11 Å². The molecule has 1 N–H and O–H groups in total. The largest absolute Gasteiger partial charge is 0.383 e. The van der Waals surface area contributed by atoms with Crippen LogP contribution in [0.15, 0.2) is 0 Å². The average Bonchev–Trinajstić information content (AvgIpc) is 2.80. The van der Waals surface area contributed by atoms with Gasteiger partial charge in [0.15, 0.2) is 0 Å². The first-order chi connectivity index (χ1) is 9.28. The third-order valence-corrected chi connectivity index (χ3v) is 4.51. The van der Waals surface area contributed by atoms with Crippen LogP contribution in [0.3, 0.4) is 0 Å². The third kappa shape index (κ3) is 6.11. The topological polar surface area (TPSA) is 24.5 Å². The van der Waals surface area contributed by atoms with Gasteiger partial charge in [-0.1, -0.05) is 12.8 Å². The van der Waals surface area contributed by atoms with Gasteiger partial charge in [-0.2, -0.15) is 0 Å². The maximum Gasteiger partial charge on any atom is 0.0589 e. The molecule has 20 heavy (non-hydrogen) atoms. The Kier molecular flexibility index (Phi) is 6.96. The summed E-state index contributed by atoms with van der Waals surface area (Å²) in [4.78, 5) is 2.60. The van der Waals surface area contributed by atoms with E-state index in [1.165, 1.54) is 32.2 Å². The molecule has 1 aliphatic rings. The zero-order chi connectivity index (χ0) is 15.2. The molecule has 0 amide bonds. The second-order valence-corrected chi connectivity index (χ2v) is 7.87. The molecule has 120 valence electrons. The van der Waals surface area contributed by atoms with Gasteiger partial charge in [0.25, 0.3) is 0 Å². The summed E-state index contributed by atoms with van der Waals surface area (Å²) in [7, 11) is 1.80. The van der Waals surface area contributed by atoms with Crippen molar-refractivity contribution in [2.75, 3.05) is 33.4 Å². The molecule has 3 heteroatoms. The van der Waals surface area contributed by atoms with E-state index in [0.29, 0.717) is 11.5 Å². The summed E-state index contributed by atoms with van der Waals surface area (Å²) in [5, 5.41) is 3.75. The summed E-state index contributed by atoms with van der Waals surface area (Å²) in [6.07, 6.45) is 5.52. The molecule has 0 aromatic rings. The Hall–Kier alpha value is -0.120. The normalized spacial score (nSPS) is 19.2. The fourth-order valence-corrected chi connectivity index (χ4v) is 3.13. The monoisotopic (exact) mass is 284 g/mol. The lowest BCUT2D eigenvalue weighted by atomic mass is 9.84. The molecule has 0 bridgehead atoms. The number of nitrogens with one attached hydrogen (secondary N) is 1. The van der Waals surface area contributed by atoms with Crippen LogP contribution < -0.4 is 5.32 Å². The molecule has 0 atom stereocenters. The van der Waals surface area contributed by atoms with Gasteiger partial charge in [-0.25, -0.2) is 0 Å². The van der Waals surface area contributed by atoms with Gasteiger partial charge >= 0.3 is 0 Å². The number of nitrogens with zero attached hydrogens (tertiary/aromatic N) is 1. The molecule has 1 saturated carbocycles. The molecular formula is C17H36N2O. The quantitative estimate of drug-likeness (QED) is 0.740. The van der Waals surface area contributed by atoms with E-state index < -0.39 is 0 Å². The van der Waals surface area contributed by atoms with Crippen molar-refractivity contribution < 1.29 is 4.74 Å². The minimum absolute atomic E-state index is 0.213. The van der Waals surface area contributed by atoms with Crippen molar-refractivity contribution in [3.8, 4) is 0 Å². The fourth-order valence-electron chi connectivity index (χ4n) is 3.13. The Morgan fingerprint density at radius 2 is 1.80 bits per heavy atom.